The molecule has 124 valence electrons. The van der Waals surface area contributed by atoms with Gasteiger partial charge in [-0.15, -0.1) is 21.5 Å². The first-order chi connectivity index (χ1) is 12.2. The summed E-state index contributed by atoms with van der Waals surface area (Å²) in [5, 5.41) is 31.5. The van der Waals surface area contributed by atoms with Crippen LogP contribution in [-0.4, -0.2) is 19.7 Å². The predicted molar refractivity (Wildman–Crippen MR) is 93.5 cm³/mol. The van der Waals surface area contributed by atoms with Crippen LogP contribution in [0.1, 0.15) is 24.4 Å². The molecule has 4 rings (SSSR count). The van der Waals surface area contributed by atoms with Gasteiger partial charge in [0.1, 0.15) is 0 Å². The van der Waals surface area contributed by atoms with E-state index in [-0.39, 0.29) is 11.3 Å². The fraction of sp³-hybridized carbons (Fsp3) is 0.188. The number of thiophene rings is 1. The lowest BCUT2D eigenvalue weighted by Gasteiger charge is -2.08. The zero-order chi connectivity index (χ0) is 17.4. The van der Waals surface area contributed by atoms with Crippen LogP contribution in [0, 0.1) is 21.4 Å². The van der Waals surface area contributed by atoms with E-state index in [1.807, 2.05) is 23.6 Å². The third kappa shape index (κ3) is 3.01. The van der Waals surface area contributed by atoms with Crippen molar-refractivity contribution in [2.45, 2.75) is 28.9 Å². The van der Waals surface area contributed by atoms with Gasteiger partial charge in [-0.25, -0.2) is 0 Å². The summed E-state index contributed by atoms with van der Waals surface area (Å²) in [6, 6.07) is 10.7. The molecule has 0 atom stereocenters. The van der Waals surface area contributed by atoms with Gasteiger partial charge in [-0.1, -0.05) is 6.07 Å². The van der Waals surface area contributed by atoms with Crippen LogP contribution < -0.4 is 0 Å². The highest BCUT2D eigenvalue weighted by Gasteiger charge is 2.31. The largest absolute Gasteiger partial charge is 0.298 e. The number of hydrogen-bond donors (Lipinski definition) is 0. The second-order valence-corrected chi connectivity index (χ2v) is 7.49. The number of aromatic nitrogens is 3. The minimum atomic E-state index is -0.471. The van der Waals surface area contributed by atoms with Crippen molar-refractivity contribution in [1.82, 2.24) is 14.8 Å². The maximum absolute atomic E-state index is 11.3. The maximum Gasteiger partial charge on any atom is 0.284 e. The summed E-state index contributed by atoms with van der Waals surface area (Å²) in [4.78, 5) is 12.4. The van der Waals surface area contributed by atoms with Crippen LogP contribution in [0.5, 0.6) is 0 Å². The average molecular weight is 369 g/mol. The van der Waals surface area contributed by atoms with Gasteiger partial charge in [0, 0.05) is 12.1 Å². The number of nitro groups is 1. The van der Waals surface area contributed by atoms with Gasteiger partial charge in [0.15, 0.2) is 11.0 Å². The van der Waals surface area contributed by atoms with Crippen molar-refractivity contribution >= 4 is 28.8 Å². The molecule has 1 saturated carbocycles. The lowest BCUT2D eigenvalue weighted by molar-refractivity contribution is -0.387. The van der Waals surface area contributed by atoms with Crippen molar-refractivity contribution in [3.63, 3.8) is 0 Å². The Balaban J connectivity index is 1.75. The number of nitrogens with zero attached hydrogens (tertiary/aromatic N) is 5. The summed E-state index contributed by atoms with van der Waals surface area (Å²) in [5.74, 6) is 0.802. The van der Waals surface area contributed by atoms with Gasteiger partial charge >= 0.3 is 0 Å². The smallest absolute Gasteiger partial charge is 0.284 e. The minimum Gasteiger partial charge on any atom is -0.298 e. The van der Waals surface area contributed by atoms with E-state index >= 15 is 0 Å². The molecule has 1 aliphatic rings. The Morgan fingerprint density at radius 2 is 2.20 bits per heavy atom. The molecule has 1 fully saturated rings. The Morgan fingerprint density at radius 1 is 1.36 bits per heavy atom. The molecular weight excluding hydrogens is 358 g/mol. The van der Waals surface area contributed by atoms with E-state index in [0.717, 1.165) is 23.5 Å². The van der Waals surface area contributed by atoms with E-state index < -0.39 is 4.92 Å². The van der Waals surface area contributed by atoms with Gasteiger partial charge in [0.25, 0.3) is 5.69 Å². The summed E-state index contributed by atoms with van der Waals surface area (Å²) >= 11 is 2.81. The number of nitriles is 1. The highest BCUT2D eigenvalue weighted by Crippen LogP contribution is 2.44. The van der Waals surface area contributed by atoms with Gasteiger partial charge < -0.3 is 0 Å². The zero-order valence-electron chi connectivity index (χ0n) is 12.8. The van der Waals surface area contributed by atoms with E-state index in [0.29, 0.717) is 16.1 Å². The Labute approximate surface area is 151 Å². The lowest BCUT2D eigenvalue weighted by atomic mass is 10.2. The molecule has 0 N–H and O–H groups in total. The van der Waals surface area contributed by atoms with Crippen LogP contribution in [-0.2, 0) is 0 Å². The normalized spacial score (nSPS) is 13.6. The van der Waals surface area contributed by atoms with E-state index in [1.54, 1.807) is 23.5 Å². The van der Waals surface area contributed by atoms with Crippen molar-refractivity contribution in [3.8, 4) is 16.8 Å². The van der Waals surface area contributed by atoms with Crippen LogP contribution in [0.4, 0.5) is 5.69 Å². The molecule has 0 bridgehead atoms. The number of benzene rings is 1. The molecule has 1 aliphatic carbocycles. The molecule has 2 heterocycles. The summed E-state index contributed by atoms with van der Waals surface area (Å²) in [6.07, 6.45) is 2.11. The minimum absolute atomic E-state index is 0.0907. The average Bonchev–Trinajstić information content (AvgIpc) is 3.14. The lowest BCUT2D eigenvalue weighted by Crippen LogP contribution is -1.99. The second kappa shape index (κ2) is 6.31. The van der Waals surface area contributed by atoms with Crippen molar-refractivity contribution in [2.75, 3.05) is 0 Å². The van der Waals surface area contributed by atoms with Crippen molar-refractivity contribution < 1.29 is 4.92 Å². The summed E-state index contributed by atoms with van der Waals surface area (Å²) in [5.41, 5.74) is 0.172. The quantitative estimate of drug-likeness (QED) is 0.492. The van der Waals surface area contributed by atoms with Crippen molar-refractivity contribution in [3.05, 3.63) is 51.4 Å². The van der Waals surface area contributed by atoms with Crippen LogP contribution >= 0.6 is 23.1 Å². The summed E-state index contributed by atoms with van der Waals surface area (Å²) in [7, 11) is 0. The number of nitro benzene ring substituents is 1. The van der Waals surface area contributed by atoms with Crippen LogP contribution in [0.3, 0.4) is 0 Å². The summed E-state index contributed by atoms with van der Waals surface area (Å²) < 4.78 is 2.07. The highest BCUT2D eigenvalue weighted by molar-refractivity contribution is 7.99. The Hall–Kier alpha value is -2.70. The van der Waals surface area contributed by atoms with E-state index in [2.05, 4.69) is 14.8 Å². The van der Waals surface area contributed by atoms with Crippen LogP contribution in [0.15, 0.2) is 45.8 Å². The molecule has 0 unspecified atom stereocenters. The van der Waals surface area contributed by atoms with E-state index in [4.69, 9.17) is 5.26 Å². The first-order valence-corrected chi connectivity index (χ1v) is 9.22. The van der Waals surface area contributed by atoms with Gasteiger partial charge in [0.2, 0.25) is 0 Å². The molecule has 25 heavy (non-hydrogen) atoms. The molecule has 0 spiro atoms. The fourth-order valence-corrected chi connectivity index (χ4v) is 4.19. The SMILES string of the molecule is N#Cc1ccc(Sc2nnc(-c3cccs3)n2C2CC2)c([N+](=O)[O-])c1. The van der Waals surface area contributed by atoms with Crippen LogP contribution in [0.25, 0.3) is 10.7 Å². The predicted octanol–water partition coefficient (Wildman–Crippen LogP) is 4.27. The van der Waals surface area contributed by atoms with Gasteiger partial charge in [-0.05, 0) is 48.2 Å². The molecular formula is C16H11N5O2S2. The molecule has 1 aromatic carbocycles. The molecule has 3 aromatic rings. The molecule has 7 nitrogen and oxygen atoms in total. The number of hydrogen-bond acceptors (Lipinski definition) is 7. The highest BCUT2D eigenvalue weighted by atomic mass is 32.2. The third-order valence-electron chi connectivity index (χ3n) is 3.80. The van der Waals surface area contributed by atoms with Crippen molar-refractivity contribution in [2.24, 2.45) is 0 Å². The van der Waals surface area contributed by atoms with Crippen molar-refractivity contribution in [1.29, 1.82) is 5.26 Å². The zero-order valence-corrected chi connectivity index (χ0v) is 14.5. The monoisotopic (exact) mass is 369 g/mol. The molecule has 2 aromatic heterocycles. The first kappa shape index (κ1) is 15.8. The molecule has 0 aliphatic heterocycles. The Morgan fingerprint density at radius 3 is 2.84 bits per heavy atom. The second-order valence-electron chi connectivity index (χ2n) is 5.54. The third-order valence-corrected chi connectivity index (χ3v) is 5.70. The maximum atomic E-state index is 11.3. The Kier molecular flexibility index (Phi) is 3.99. The Bertz CT molecular complexity index is 987. The molecule has 9 heteroatoms. The van der Waals surface area contributed by atoms with Gasteiger partial charge in [0.05, 0.1) is 26.3 Å². The standard InChI is InChI=1S/C16H11N5O2S2/c17-9-10-3-6-13(12(8-10)21(22)23)25-16-19-18-15(14-2-1-7-24-14)20(16)11-4-5-11/h1-3,6-8,11H,4-5H2. The van der Waals surface area contributed by atoms with Gasteiger partial charge in [-0.3, -0.25) is 14.7 Å². The molecule has 0 radical (unpaired) electrons. The molecule has 0 saturated heterocycles. The van der Waals surface area contributed by atoms with Gasteiger partial charge in [-0.2, -0.15) is 5.26 Å². The first-order valence-electron chi connectivity index (χ1n) is 7.52. The van der Waals surface area contributed by atoms with Crippen LogP contribution in [0.2, 0.25) is 0 Å². The fourth-order valence-electron chi connectivity index (χ4n) is 2.50. The summed E-state index contributed by atoms with van der Waals surface area (Å²) in [6.45, 7) is 0. The number of rotatable bonds is 5. The topological polar surface area (TPSA) is 97.6 Å². The van der Waals surface area contributed by atoms with E-state index in [1.165, 1.54) is 17.8 Å². The van der Waals surface area contributed by atoms with E-state index in [9.17, 15) is 10.1 Å². The molecule has 0 amide bonds.